The van der Waals surface area contributed by atoms with E-state index in [9.17, 15) is 35.1 Å². The topological polar surface area (TPSA) is 156 Å². The van der Waals surface area contributed by atoms with Gasteiger partial charge in [0.2, 0.25) is 5.78 Å². The first-order valence-electron chi connectivity index (χ1n) is 9.89. The highest BCUT2D eigenvalue weighted by atomic mass is 16.3. The largest absolute Gasteiger partial charge is 0.508 e. The van der Waals surface area contributed by atoms with Crippen molar-refractivity contribution in [1.29, 1.82) is 0 Å². The molecule has 0 bridgehead atoms. The molecule has 0 amide bonds. The van der Waals surface area contributed by atoms with Crippen LogP contribution in [0.15, 0.2) is 84.9 Å². The fourth-order valence-corrected chi connectivity index (χ4v) is 3.03. The van der Waals surface area contributed by atoms with Crippen molar-refractivity contribution in [3.8, 4) is 34.5 Å². The average Bonchev–Trinajstić information content (AvgIpc) is 2.83. The fourth-order valence-electron chi connectivity index (χ4n) is 3.03. The van der Waals surface area contributed by atoms with Crippen LogP contribution in [0.3, 0.4) is 0 Å². The van der Waals surface area contributed by atoms with Crippen molar-refractivity contribution < 1.29 is 40.2 Å². The minimum absolute atomic E-state index is 0.0675. The first kappa shape index (κ1) is 23.7. The number of hydrogen-bond donors (Lipinski definition) is 6. The van der Waals surface area contributed by atoms with E-state index in [2.05, 4.69) is 0 Å². The molecular weight excluding hydrogens is 440 g/mol. The van der Waals surface area contributed by atoms with Crippen molar-refractivity contribution in [2.24, 2.45) is 0 Å². The molecule has 0 fully saturated rings. The average molecular weight is 460 g/mol. The lowest BCUT2D eigenvalue weighted by Gasteiger charge is -2.07. The molecule has 4 rings (SSSR count). The molecule has 0 aromatic heterocycles. The van der Waals surface area contributed by atoms with E-state index < -0.39 is 28.8 Å². The van der Waals surface area contributed by atoms with Crippen LogP contribution < -0.4 is 0 Å². The molecule has 0 saturated carbocycles. The number of rotatable bonds is 4. The van der Waals surface area contributed by atoms with E-state index in [0.29, 0.717) is 5.56 Å². The van der Waals surface area contributed by atoms with Crippen molar-refractivity contribution in [1.82, 2.24) is 0 Å². The van der Waals surface area contributed by atoms with Gasteiger partial charge < -0.3 is 30.6 Å². The van der Waals surface area contributed by atoms with Crippen molar-refractivity contribution in [2.75, 3.05) is 0 Å². The fraction of sp³-hybridized carbons (Fsp3) is 0. The van der Waals surface area contributed by atoms with Crippen LogP contribution in [0.5, 0.6) is 34.5 Å². The second-order valence-electron chi connectivity index (χ2n) is 7.07. The Morgan fingerprint density at radius 1 is 0.471 bits per heavy atom. The Morgan fingerprint density at radius 3 is 1.50 bits per heavy atom. The summed E-state index contributed by atoms with van der Waals surface area (Å²) in [4.78, 5) is 24.0. The third-order valence-electron chi connectivity index (χ3n) is 4.78. The Kier molecular flexibility index (Phi) is 7.03. The Hall–Kier alpha value is -4.98. The van der Waals surface area contributed by atoms with Crippen LogP contribution in [-0.4, -0.2) is 42.2 Å². The van der Waals surface area contributed by atoms with Crippen LogP contribution in [-0.2, 0) is 0 Å². The summed E-state index contributed by atoms with van der Waals surface area (Å²) in [5, 5.41) is 56.4. The molecule has 0 radical (unpaired) electrons. The summed E-state index contributed by atoms with van der Waals surface area (Å²) in [5.74, 6) is -3.23. The number of ketones is 2. The molecule has 4 aromatic rings. The number of phenols is 6. The monoisotopic (exact) mass is 460 g/mol. The van der Waals surface area contributed by atoms with Gasteiger partial charge in [-0.15, -0.1) is 0 Å². The van der Waals surface area contributed by atoms with Gasteiger partial charge in [-0.2, -0.15) is 0 Å². The van der Waals surface area contributed by atoms with E-state index in [1.54, 1.807) is 24.3 Å². The summed E-state index contributed by atoms with van der Waals surface area (Å²) in [7, 11) is 0. The Bertz CT molecular complexity index is 1290. The zero-order chi connectivity index (χ0) is 24.8. The molecule has 0 unspecified atom stereocenters. The number of carbonyl (C=O) groups is 2. The highest BCUT2D eigenvalue weighted by Gasteiger charge is 2.20. The van der Waals surface area contributed by atoms with Gasteiger partial charge in [0.15, 0.2) is 28.8 Å². The van der Waals surface area contributed by atoms with E-state index in [1.165, 1.54) is 48.5 Å². The first-order valence-corrected chi connectivity index (χ1v) is 9.89. The van der Waals surface area contributed by atoms with Crippen LogP contribution >= 0.6 is 0 Å². The third kappa shape index (κ3) is 5.08. The molecule has 172 valence electrons. The summed E-state index contributed by atoms with van der Waals surface area (Å²) in [5.41, 5.74) is 0.374. The lowest BCUT2D eigenvalue weighted by Crippen LogP contribution is -2.02. The summed E-state index contributed by atoms with van der Waals surface area (Å²) in [6, 6.07) is 20.5. The Balaban J connectivity index is 0.000000192. The molecular formula is C26H20O8. The molecule has 8 heteroatoms. The molecule has 34 heavy (non-hydrogen) atoms. The van der Waals surface area contributed by atoms with E-state index >= 15 is 0 Å². The molecule has 0 atom stereocenters. The number of benzene rings is 4. The zero-order valence-electron chi connectivity index (χ0n) is 17.6. The highest BCUT2D eigenvalue weighted by Crippen LogP contribution is 2.34. The van der Waals surface area contributed by atoms with Gasteiger partial charge in [-0.25, -0.2) is 0 Å². The Morgan fingerprint density at radius 2 is 1.00 bits per heavy atom. The zero-order valence-corrected chi connectivity index (χ0v) is 17.6. The van der Waals surface area contributed by atoms with E-state index in [1.807, 2.05) is 6.07 Å². The summed E-state index contributed by atoms with van der Waals surface area (Å²) >= 11 is 0. The molecule has 0 aliphatic rings. The molecule has 0 aliphatic carbocycles. The van der Waals surface area contributed by atoms with Crippen molar-refractivity contribution in [3.05, 3.63) is 107 Å². The van der Waals surface area contributed by atoms with Gasteiger partial charge in [0, 0.05) is 11.6 Å². The predicted molar refractivity (Wildman–Crippen MR) is 123 cm³/mol. The van der Waals surface area contributed by atoms with E-state index in [4.69, 9.17) is 5.11 Å². The van der Waals surface area contributed by atoms with Gasteiger partial charge in [-0.3, -0.25) is 9.59 Å². The lowest BCUT2D eigenvalue weighted by molar-refractivity contribution is 0.102. The predicted octanol–water partition coefficient (Wildman–Crippen LogP) is 4.07. The second-order valence-corrected chi connectivity index (χ2v) is 7.07. The number of carbonyl (C=O) groups excluding carboxylic acids is 2. The van der Waals surface area contributed by atoms with Crippen molar-refractivity contribution >= 4 is 11.6 Å². The molecule has 0 saturated heterocycles. The summed E-state index contributed by atoms with van der Waals surface area (Å²) < 4.78 is 0. The first-order chi connectivity index (χ1) is 16.2. The number of hydrogen-bond acceptors (Lipinski definition) is 8. The van der Waals surface area contributed by atoms with Crippen LogP contribution in [0.2, 0.25) is 0 Å². The van der Waals surface area contributed by atoms with Gasteiger partial charge in [0.25, 0.3) is 0 Å². The maximum Gasteiger partial charge on any atom is 0.200 e. The minimum atomic E-state index is -0.697. The highest BCUT2D eigenvalue weighted by molar-refractivity contribution is 6.13. The minimum Gasteiger partial charge on any atom is -0.508 e. The standard InChI is InChI=1S/C13H10O5.C13H10O3/c14-9-5-1-3-7(12(9)17)11(16)8-4-2-6-10(15)13(8)18;14-10-6-7-11(12(15)8-10)13(16)9-4-2-1-3-5-9/h1-6,14-15,17-18H;1-8,14-15H. The van der Waals surface area contributed by atoms with E-state index in [-0.39, 0.29) is 34.0 Å². The Labute approximate surface area is 193 Å². The van der Waals surface area contributed by atoms with Crippen molar-refractivity contribution in [3.63, 3.8) is 0 Å². The molecule has 0 heterocycles. The van der Waals surface area contributed by atoms with Gasteiger partial charge >= 0.3 is 0 Å². The third-order valence-corrected chi connectivity index (χ3v) is 4.78. The summed E-state index contributed by atoms with van der Waals surface area (Å²) in [6.07, 6.45) is 0. The van der Waals surface area contributed by atoms with Crippen LogP contribution in [0.4, 0.5) is 0 Å². The van der Waals surface area contributed by atoms with E-state index in [0.717, 1.165) is 6.07 Å². The molecule has 4 aromatic carbocycles. The SMILES string of the molecule is O=C(c1cccc(O)c1O)c1cccc(O)c1O.O=C(c1ccccc1)c1ccc(O)cc1O. The lowest BCUT2D eigenvalue weighted by atomic mass is 10.0. The number of para-hydroxylation sites is 2. The maximum atomic E-state index is 12.1. The van der Waals surface area contributed by atoms with Gasteiger partial charge in [0.05, 0.1) is 16.7 Å². The second kappa shape index (κ2) is 10.1. The van der Waals surface area contributed by atoms with Crippen LogP contribution in [0, 0.1) is 0 Å². The van der Waals surface area contributed by atoms with Crippen LogP contribution in [0.1, 0.15) is 31.8 Å². The number of phenolic OH excluding ortho intramolecular Hbond substituents is 6. The molecule has 0 spiro atoms. The molecule has 6 N–H and O–H groups in total. The van der Waals surface area contributed by atoms with Gasteiger partial charge in [0.1, 0.15) is 11.5 Å². The molecule has 8 nitrogen and oxygen atoms in total. The normalized spacial score (nSPS) is 10.1. The maximum absolute atomic E-state index is 12.1. The van der Waals surface area contributed by atoms with Crippen molar-refractivity contribution in [2.45, 2.75) is 0 Å². The number of aromatic hydroxyl groups is 6. The molecule has 0 aliphatic heterocycles. The quantitative estimate of drug-likeness (QED) is 0.197. The van der Waals surface area contributed by atoms with Gasteiger partial charge in [-0.1, -0.05) is 42.5 Å². The van der Waals surface area contributed by atoms with Gasteiger partial charge in [-0.05, 0) is 36.4 Å². The van der Waals surface area contributed by atoms with Crippen LogP contribution in [0.25, 0.3) is 0 Å². The smallest absolute Gasteiger partial charge is 0.200 e. The summed E-state index contributed by atoms with van der Waals surface area (Å²) in [6.45, 7) is 0.